The van der Waals surface area contributed by atoms with Crippen molar-refractivity contribution in [3.8, 4) is 22.4 Å². The maximum Gasteiger partial charge on any atom is 0.417 e. The zero-order valence-corrected chi connectivity index (χ0v) is 10.6. The lowest BCUT2D eigenvalue weighted by Gasteiger charge is -2.14. The zero-order valence-electron chi connectivity index (χ0n) is 10.6. The van der Waals surface area contributed by atoms with E-state index in [1.807, 2.05) is 0 Å². The van der Waals surface area contributed by atoms with Crippen LogP contribution in [-0.2, 0) is 6.18 Å². The van der Waals surface area contributed by atoms with Gasteiger partial charge in [0.2, 0.25) is 0 Å². The Morgan fingerprint density at radius 2 is 1.81 bits per heavy atom. The van der Waals surface area contributed by atoms with Gasteiger partial charge in [0.25, 0.3) is 5.56 Å². The second-order valence-corrected chi connectivity index (χ2v) is 4.54. The van der Waals surface area contributed by atoms with Crippen LogP contribution in [0.3, 0.4) is 0 Å². The van der Waals surface area contributed by atoms with Crippen LogP contribution in [-0.4, -0.2) is 9.97 Å². The number of aromatic amines is 1. The minimum absolute atomic E-state index is 0.0781. The van der Waals surface area contributed by atoms with Gasteiger partial charge in [0.05, 0.1) is 11.3 Å². The third kappa shape index (κ3) is 2.52. The standard InChI is InChI=1S/C15H9F3N2O/c16-15(17,18)12-4-2-1-3-11(12)9-5-10-8-20-14(21)6-13(10)19-7-9/h1-8,19H. The molecule has 0 amide bonds. The van der Waals surface area contributed by atoms with Crippen molar-refractivity contribution in [1.82, 2.24) is 9.97 Å². The molecule has 0 saturated carbocycles. The molecule has 3 nitrogen and oxygen atoms in total. The van der Waals surface area contributed by atoms with Gasteiger partial charge in [0.1, 0.15) is 0 Å². The number of H-pyrrole nitrogens is 1. The number of nitrogens with zero attached hydrogens (tertiary/aromatic N) is 1. The summed E-state index contributed by atoms with van der Waals surface area (Å²) in [5.41, 5.74) is 0.464. The highest BCUT2D eigenvalue weighted by Gasteiger charge is 2.33. The number of rotatable bonds is 1. The summed E-state index contributed by atoms with van der Waals surface area (Å²) in [6.45, 7) is 0. The van der Waals surface area contributed by atoms with Crippen LogP contribution in [0.2, 0.25) is 0 Å². The molecule has 2 aliphatic rings. The van der Waals surface area contributed by atoms with Gasteiger partial charge in [0.15, 0.2) is 0 Å². The SMILES string of the molecule is O=c1cc2[nH]cc(-c3ccccc3C(F)(F)F)cc-2cn1. The van der Waals surface area contributed by atoms with Crippen molar-refractivity contribution in [2.24, 2.45) is 0 Å². The molecular weight excluding hydrogens is 281 g/mol. The average Bonchev–Trinajstić information content (AvgIpc) is 2.46. The van der Waals surface area contributed by atoms with Crippen LogP contribution in [0.25, 0.3) is 22.4 Å². The topological polar surface area (TPSA) is 45.8 Å². The number of fused-ring (bicyclic) bond motifs is 1. The number of hydrogen-bond acceptors (Lipinski definition) is 2. The number of aromatic nitrogens is 2. The number of alkyl halides is 3. The van der Waals surface area contributed by atoms with E-state index >= 15 is 0 Å². The molecule has 0 aliphatic carbocycles. The highest BCUT2D eigenvalue weighted by molar-refractivity contribution is 5.73. The van der Waals surface area contributed by atoms with Gasteiger partial charge in [-0.3, -0.25) is 4.79 Å². The van der Waals surface area contributed by atoms with E-state index in [4.69, 9.17) is 0 Å². The Bertz CT molecular complexity index is 824. The van der Waals surface area contributed by atoms with Crippen LogP contribution < -0.4 is 5.56 Å². The molecule has 21 heavy (non-hydrogen) atoms. The van der Waals surface area contributed by atoms with E-state index in [1.165, 1.54) is 30.6 Å². The number of benzene rings is 1. The van der Waals surface area contributed by atoms with Crippen molar-refractivity contribution in [2.45, 2.75) is 6.18 Å². The fraction of sp³-hybridized carbons (Fsp3) is 0.0667. The van der Waals surface area contributed by atoms with Gasteiger partial charge >= 0.3 is 6.18 Å². The first-order chi connectivity index (χ1) is 9.95. The summed E-state index contributed by atoms with van der Waals surface area (Å²) in [6, 6.07) is 8.22. The Hall–Kier alpha value is -2.63. The number of nitrogens with one attached hydrogen (secondary N) is 1. The predicted octanol–water partition coefficient (Wildman–Crippen LogP) is 3.56. The Labute approximate surface area is 117 Å². The first-order valence-corrected chi connectivity index (χ1v) is 6.10. The van der Waals surface area contributed by atoms with E-state index in [2.05, 4.69) is 9.97 Å². The molecule has 0 atom stereocenters. The second-order valence-electron chi connectivity index (χ2n) is 4.54. The summed E-state index contributed by atoms with van der Waals surface area (Å²) in [6.07, 6.45) is -1.64. The third-order valence-electron chi connectivity index (χ3n) is 3.15. The summed E-state index contributed by atoms with van der Waals surface area (Å²) in [5.74, 6) is 0. The lowest BCUT2D eigenvalue weighted by Crippen LogP contribution is -2.08. The molecule has 0 radical (unpaired) electrons. The lowest BCUT2D eigenvalue weighted by atomic mass is 9.98. The van der Waals surface area contributed by atoms with Crippen LogP contribution in [0, 0.1) is 0 Å². The largest absolute Gasteiger partial charge is 0.417 e. The van der Waals surface area contributed by atoms with Crippen LogP contribution >= 0.6 is 0 Å². The van der Waals surface area contributed by atoms with Crippen molar-refractivity contribution in [1.29, 1.82) is 0 Å². The molecule has 2 aliphatic heterocycles. The van der Waals surface area contributed by atoms with Gasteiger partial charge < -0.3 is 4.98 Å². The summed E-state index contributed by atoms with van der Waals surface area (Å²) >= 11 is 0. The molecule has 2 heterocycles. The monoisotopic (exact) mass is 290 g/mol. The van der Waals surface area contributed by atoms with E-state index in [9.17, 15) is 18.0 Å². The van der Waals surface area contributed by atoms with Crippen LogP contribution in [0.1, 0.15) is 5.56 Å². The van der Waals surface area contributed by atoms with E-state index in [1.54, 1.807) is 12.1 Å². The Kier molecular flexibility index (Phi) is 3.01. The van der Waals surface area contributed by atoms with E-state index in [0.29, 0.717) is 16.8 Å². The van der Waals surface area contributed by atoms with E-state index < -0.39 is 17.3 Å². The molecular formula is C15H9F3N2O. The maximum absolute atomic E-state index is 13.0. The van der Waals surface area contributed by atoms with Gasteiger partial charge in [-0.15, -0.1) is 0 Å². The molecule has 0 spiro atoms. The lowest BCUT2D eigenvalue weighted by molar-refractivity contribution is -0.137. The number of pyridine rings is 2. The van der Waals surface area contributed by atoms with Crippen LogP contribution in [0.5, 0.6) is 0 Å². The van der Waals surface area contributed by atoms with Crippen molar-refractivity contribution in [3.63, 3.8) is 0 Å². The van der Waals surface area contributed by atoms with Gasteiger partial charge in [-0.25, -0.2) is 4.98 Å². The minimum atomic E-state index is -4.43. The second kappa shape index (κ2) is 4.73. The Balaban J connectivity index is 2.21. The smallest absolute Gasteiger partial charge is 0.360 e. The quantitative estimate of drug-likeness (QED) is 0.744. The van der Waals surface area contributed by atoms with Crippen LogP contribution in [0.4, 0.5) is 13.2 Å². The maximum atomic E-state index is 13.0. The third-order valence-corrected chi connectivity index (χ3v) is 3.15. The van der Waals surface area contributed by atoms with Gasteiger partial charge in [0, 0.05) is 24.0 Å². The van der Waals surface area contributed by atoms with E-state index in [0.717, 1.165) is 6.07 Å². The molecule has 1 aromatic rings. The van der Waals surface area contributed by atoms with Crippen molar-refractivity contribution in [3.05, 3.63) is 64.7 Å². The van der Waals surface area contributed by atoms with Crippen molar-refractivity contribution in [2.75, 3.05) is 0 Å². The van der Waals surface area contributed by atoms with Gasteiger partial charge in [-0.2, -0.15) is 13.2 Å². The Morgan fingerprint density at radius 1 is 1.05 bits per heavy atom. The Morgan fingerprint density at radius 3 is 2.57 bits per heavy atom. The highest BCUT2D eigenvalue weighted by atomic mass is 19.4. The zero-order chi connectivity index (χ0) is 15.0. The highest BCUT2D eigenvalue weighted by Crippen LogP contribution is 2.37. The summed E-state index contributed by atoms with van der Waals surface area (Å²) in [7, 11) is 0. The molecule has 0 bridgehead atoms. The van der Waals surface area contributed by atoms with Crippen molar-refractivity contribution < 1.29 is 13.2 Å². The molecule has 0 aromatic heterocycles. The molecule has 3 rings (SSSR count). The van der Waals surface area contributed by atoms with E-state index in [-0.39, 0.29) is 5.56 Å². The molecule has 0 fully saturated rings. The summed E-state index contributed by atoms with van der Waals surface area (Å²) in [4.78, 5) is 17.6. The molecule has 0 saturated heterocycles. The minimum Gasteiger partial charge on any atom is -0.360 e. The fourth-order valence-corrected chi connectivity index (χ4v) is 2.19. The fourth-order valence-electron chi connectivity index (χ4n) is 2.19. The first kappa shape index (κ1) is 13.4. The number of hydrogen-bond donors (Lipinski definition) is 1. The van der Waals surface area contributed by atoms with Gasteiger partial charge in [-0.1, -0.05) is 18.2 Å². The normalized spacial score (nSPS) is 11.8. The molecule has 6 heteroatoms. The molecule has 1 aromatic carbocycles. The van der Waals surface area contributed by atoms with Gasteiger partial charge in [-0.05, 0) is 23.3 Å². The molecule has 0 unspecified atom stereocenters. The molecule has 106 valence electrons. The summed E-state index contributed by atoms with van der Waals surface area (Å²) in [5, 5.41) is 0. The number of halogens is 3. The average molecular weight is 290 g/mol. The predicted molar refractivity (Wildman–Crippen MR) is 71.9 cm³/mol. The van der Waals surface area contributed by atoms with Crippen molar-refractivity contribution >= 4 is 0 Å². The van der Waals surface area contributed by atoms with Crippen LogP contribution in [0.15, 0.2) is 53.6 Å². The summed E-state index contributed by atoms with van der Waals surface area (Å²) < 4.78 is 39.1. The first-order valence-electron chi connectivity index (χ1n) is 6.10. The molecule has 1 N–H and O–H groups in total.